The van der Waals surface area contributed by atoms with Gasteiger partial charge in [0.2, 0.25) is 0 Å². The van der Waals surface area contributed by atoms with E-state index in [2.05, 4.69) is 15.5 Å². The molecule has 27 heavy (non-hydrogen) atoms. The Balaban J connectivity index is 1.60. The van der Waals surface area contributed by atoms with Crippen molar-refractivity contribution in [2.75, 3.05) is 11.9 Å². The summed E-state index contributed by atoms with van der Waals surface area (Å²) in [5, 5.41) is 10.4. The van der Waals surface area contributed by atoms with Gasteiger partial charge in [0.05, 0.1) is 17.5 Å². The summed E-state index contributed by atoms with van der Waals surface area (Å²) in [4.78, 5) is 35.7. The first-order valence-electron chi connectivity index (χ1n) is 8.12. The highest BCUT2D eigenvalue weighted by Crippen LogP contribution is 2.19. The predicted molar refractivity (Wildman–Crippen MR) is 102 cm³/mol. The van der Waals surface area contributed by atoms with Crippen molar-refractivity contribution in [2.45, 2.75) is 13.3 Å². The van der Waals surface area contributed by atoms with Crippen LogP contribution in [0.15, 0.2) is 47.3 Å². The van der Waals surface area contributed by atoms with Gasteiger partial charge in [-0.25, -0.2) is 5.10 Å². The second-order valence-electron chi connectivity index (χ2n) is 5.89. The maximum absolute atomic E-state index is 12.0. The van der Waals surface area contributed by atoms with Gasteiger partial charge in [0.25, 0.3) is 11.5 Å². The number of aromatic amines is 1. The number of benzene rings is 2. The molecule has 0 unspecified atom stereocenters. The van der Waals surface area contributed by atoms with E-state index in [0.29, 0.717) is 27.2 Å². The second kappa shape index (κ2) is 8.01. The summed E-state index contributed by atoms with van der Waals surface area (Å²) in [6.07, 6.45) is -0.166. The lowest BCUT2D eigenvalue weighted by atomic mass is 10.1. The molecule has 0 radical (unpaired) electrons. The number of anilines is 1. The molecule has 1 heterocycles. The fraction of sp³-hybridized carbons (Fsp3) is 0.158. The van der Waals surface area contributed by atoms with E-state index in [-0.39, 0.29) is 12.0 Å². The molecule has 3 rings (SSSR count). The number of aryl methyl sites for hydroxylation is 1. The number of carbonyl (C=O) groups is 2. The number of hydrogen-bond acceptors (Lipinski definition) is 5. The Morgan fingerprint density at radius 2 is 1.93 bits per heavy atom. The van der Waals surface area contributed by atoms with Crippen LogP contribution >= 0.6 is 11.6 Å². The first-order chi connectivity index (χ1) is 12.9. The van der Waals surface area contributed by atoms with Crippen LogP contribution in [0.1, 0.15) is 11.3 Å². The largest absolute Gasteiger partial charge is 0.455 e. The van der Waals surface area contributed by atoms with Crippen molar-refractivity contribution in [3.8, 4) is 0 Å². The second-order valence-corrected chi connectivity index (χ2v) is 6.30. The number of nitrogens with zero attached hydrogens (tertiary/aromatic N) is 1. The number of H-pyrrole nitrogens is 1. The van der Waals surface area contributed by atoms with E-state index in [1.165, 1.54) is 0 Å². The van der Waals surface area contributed by atoms with Crippen molar-refractivity contribution >= 4 is 39.9 Å². The van der Waals surface area contributed by atoms with Gasteiger partial charge in [-0.2, -0.15) is 5.10 Å². The highest BCUT2D eigenvalue weighted by molar-refractivity contribution is 6.31. The third kappa shape index (κ3) is 4.51. The summed E-state index contributed by atoms with van der Waals surface area (Å²) in [5.41, 5.74) is 1.45. The van der Waals surface area contributed by atoms with Crippen LogP contribution in [-0.2, 0) is 20.7 Å². The highest BCUT2D eigenvalue weighted by atomic mass is 35.5. The minimum atomic E-state index is -0.628. The van der Waals surface area contributed by atoms with Crippen LogP contribution < -0.4 is 10.9 Å². The van der Waals surface area contributed by atoms with Crippen molar-refractivity contribution in [1.29, 1.82) is 0 Å². The number of amides is 1. The number of hydrogen-bond donors (Lipinski definition) is 2. The number of rotatable bonds is 5. The summed E-state index contributed by atoms with van der Waals surface area (Å²) >= 11 is 6.01. The number of carbonyl (C=O) groups excluding carboxylic acids is 2. The first kappa shape index (κ1) is 18.6. The van der Waals surface area contributed by atoms with Gasteiger partial charge in [0.15, 0.2) is 6.61 Å². The monoisotopic (exact) mass is 385 g/mol. The molecular formula is C19H16ClN3O4. The zero-order chi connectivity index (χ0) is 19.4. The van der Waals surface area contributed by atoms with Crippen LogP contribution in [0.2, 0.25) is 5.02 Å². The van der Waals surface area contributed by atoms with Gasteiger partial charge < -0.3 is 10.1 Å². The van der Waals surface area contributed by atoms with Gasteiger partial charge in [-0.1, -0.05) is 35.9 Å². The van der Waals surface area contributed by atoms with Gasteiger partial charge in [-0.3, -0.25) is 14.4 Å². The Kier molecular flexibility index (Phi) is 5.52. The molecule has 8 heteroatoms. The fourth-order valence-corrected chi connectivity index (χ4v) is 2.69. The highest BCUT2D eigenvalue weighted by Gasteiger charge is 2.13. The average molecular weight is 386 g/mol. The standard InChI is InChI=1S/C19H16ClN3O4/c1-11-6-7-12(8-15(11)20)21-17(24)10-27-18(25)9-16-13-4-2-3-5-14(13)19(26)23-22-16/h2-8H,9-10H2,1H3,(H,21,24)(H,23,26). The lowest BCUT2D eigenvalue weighted by molar-refractivity contribution is -0.146. The van der Waals surface area contributed by atoms with Crippen LogP contribution in [0.3, 0.4) is 0 Å². The summed E-state index contributed by atoms with van der Waals surface area (Å²) in [7, 11) is 0. The van der Waals surface area contributed by atoms with E-state index < -0.39 is 18.5 Å². The molecule has 0 aliphatic rings. The van der Waals surface area contributed by atoms with E-state index in [0.717, 1.165) is 5.56 Å². The Morgan fingerprint density at radius 3 is 2.67 bits per heavy atom. The van der Waals surface area contributed by atoms with Crippen LogP contribution in [0.25, 0.3) is 10.8 Å². The molecule has 0 saturated carbocycles. The lowest BCUT2D eigenvalue weighted by Gasteiger charge is -2.08. The average Bonchev–Trinajstić information content (AvgIpc) is 2.66. The van der Waals surface area contributed by atoms with E-state index in [1.54, 1.807) is 42.5 Å². The van der Waals surface area contributed by atoms with Crippen LogP contribution in [0.5, 0.6) is 0 Å². The SMILES string of the molecule is Cc1ccc(NC(=O)COC(=O)Cc2n[nH]c(=O)c3ccccc23)cc1Cl. The molecule has 2 N–H and O–H groups in total. The maximum atomic E-state index is 12.0. The Bertz CT molecular complexity index is 1080. The van der Waals surface area contributed by atoms with Crippen LogP contribution in [0.4, 0.5) is 5.69 Å². The topological polar surface area (TPSA) is 101 Å². The first-order valence-corrected chi connectivity index (χ1v) is 8.50. The van der Waals surface area contributed by atoms with E-state index in [1.807, 2.05) is 6.92 Å². The van der Waals surface area contributed by atoms with Crippen LogP contribution in [-0.4, -0.2) is 28.7 Å². The molecule has 1 amide bonds. The molecule has 0 atom stereocenters. The predicted octanol–water partition coefficient (Wildman–Crippen LogP) is 2.61. The minimum absolute atomic E-state index is 0.166. The fourth-order valence-electron chi connectivity index (χ4n) is 2.51. The molecule has 7 nitrogen and oxygen atoms in total. The smallest absolute Gasteiger partial charge is 0.312 e. The van der Waals surface area contributed by atoms with E-state index in [4.69, 9.17) is 16.3 Å². The van der Waals surface area contributed by atoms with E-state index in [9.17, 15) is 14.4 Å². The van der Waals surface area contributed by atoms with E-state index >= 15 is 0 Å². The minimum Gasteiger partial charge on any atom is -0.455 e. The van der Waals surface area contributed by atoms with Crippen molar-refractivity contribution in [3.05, 3.63) is 69.1 Å². The Hall–Kier alpha value is -3.19. The molecule has 2 aromatic carbocycles. The molecule has 0 aliphatic heterocycles. The number of esters is 1. The van der Waals surface area contributed by atoms with Gasteiger partial charge in [-0.05, 0) is 30.7 Å². The number of halogens is 1. The normalized spacial score (nSPS) is 10.6. The zero-order valence-corrected chi connectivity index (χ0v) is 15.2. The van der Waals surface area contributed by atoms with Gasteiger partial charge in [0, 0.05) is 16.1 Å². The van der Waals surface area contributed by atoms with Gasteiger partial charge in [-0.15, -0.1) is 0 Å². The summed E-state index contributed by atoms with van der Waals surface area (Å²) in [6, 6.07) is 11.9. The summed E-state index contributed by atoms with van der Waals surface area (Å²) in [6.45, 7) is 1.41. The molecule has 1 aromatic heterocycles. The zero-order valence-electron chi connectivity index (χ0n) is 14.4. The molecule has 0 bridgehead atoms. The summed E-state index contributed by atoms with van der Waals surface area (Å²) in [5.74, 6) is -1.11. The summed E-state index contributed by atoms with van der Waals surface area (Å²) < 4.78 is 5.00. The third-order valence-electron chi connectivity index (χ3n) is 3.91. The molecule has 0 aliphatic carbocycles. The number of ether oxygens (including phenoxy) is 1. The maximum Gasteiger partial charge on any atom is 0.312 e. The van der Waals surface area contributed by atoms with Crippen molar-refractivity contribution in [2.24, 2.45) is 0 Å². The molecule has 138 valence electrons. The van der Waals surface area contributed by atoms with Crippen molar-refractivity contribution in [1.82, 2.24) is 10.2 Å². The molecule has 0 saturated heterocycles. The molecular weight excluding hydrogens is 370 g/mol. The van der Waals surface area contributed by atoms with Gasteiger partial charge >= 0.3 is 5.97 Å². The number of aromatic nitrogens is 2. The van der Waals surface area contributed by atoms with Crippen LogP contribution in [0, 0.1) is 6.92 Å². The lowest BCUT2D eigenvalue weighted by Crippen LogP contribution is -2.22. The Labute approximate surface area is 159 Å². The quantitative estimate of drug-likeness (QED) is 0.657. The Morgan fingerprint density at radius 1 is 1.19 bits per heavy atom. The van der Waals surface area contributed by atoms with Crippen molar-refractivity contribution in [3.63, 3.8) is 0 Å². The molecule has 0 spiro atoms. The number of nitrogens with one attached hydrogen (secondary N) is 2. The molecule has 3 aromatic rings. The number of fused-ring (bicyclic) bond motifs is 1. The third-order valence-corrected chi connectivity index (χ3v) is 4.31. The molecule has 0 fully saturated rings. The van der Waals surface area contributed by atoms with Gasteiger partial charge in [0.1, 0.15) is 0 Å². The van der Waals surface area contributed by atoms with Crippen molar-refractivity contribution < 1.29 is 14.3 Å².